The maximum Gasteiger partial charge on any atom is 0.183 e. The van der Waals surface area contributed by atoms with E-state index in [-0.39, 0.29) is 6.29 Å². The van der Waals surface area contributed by atoms with Crippen molar-refractivity contribution in [3.05, 3.63) is 29.8 Å². The van der Waals surface area contributed by atoms with Gasteiger partial charge in [0.15, 0.2) is 6.29 Å². The van der Waals surface area contributed by atoms with Crippen molar-refractivity contribution in [3.8, 4) is 5.75 Å². The van der Waals surface area contributed by atoms with Crippen molar-refractivity contribution < 1.29 is 14.2 Å². The maximum absolute atomic E-state index is 5.52. The van der Waals surface area contributed by atoms with Crippen LogP contribution in [0.4, 0.5) is 0 Å². The number of hydrogen-bond acceptors (Lipinski definition) is 3. The fourth-order valence-corrected chi connectivity index (χ4v) is 1.46. The molecule has 0 aromatic heterocycles. The predicted octanol–water partition coefficient (Wildman–Crippen LogP) is 3.16. The molecule has 0 saturated carbocycles. The molecule has 3 nitrogen and oxygen atoms in total. The third kappa shape index (κ3) is 3.83. The highest BCUT2D eigenvalue weighted by Crippen LogP contribution is 2.23. The average Bonchev–Trinajstić information content (AvgIpc) is 2.30. The second-order valence-electron chi connectivity index (χ2n) is 3.25. The molecule has 0 radical (unpaired) electrons. The summed E-state index contributed by atoms with van der Waals surface area (Å²) in [5.74, 6) is 0.851. The van der Waals surface area contributed by atoms with E-state index in [4.69, 9.17) is 14.2 Å². The van der Waals surface area contributed by atoms with Gasteiger partial charge in [0.25, 0.3) is 0 Å². The zero-order valence-electron chi connectivity index (χ0n) is 10.2. The third-order valence-electron chi connectivity index (χ3n) is 2.08. The molecule has 0 amide bonds. The van der Waals surface area contributed by atoms with Crippen molar-refractivity contribution in [3.63, 3.8) is 0 Å². The molecule has 1 aromatic carbocycles. The van der Waals surface area contributed by atoms with Gasteiger partial charge in [0.05, 0.1) is 6.61 Å². The van der Waals surface area contributed by atoms with Gasteiger partial charge in [-0.2, -0.15) is 0 Å². The molecule has 0 saturated heterocycles. The molecule has 0 aliphatic carbocycles. The molecule has 0 fully saturated rings. The standard InChI is InChI=1S/C13H20O3/c1-4-14-12-9-7-8-11(10-12)13(15-5-2)16-6-3/h7-10,13H,4-6H2,1-3H3. The molecule has 1 rings (SSSR count). The van der Waals surface area contributed by atoms with E-state index in [0.717, 1.165) is 11.3 Å². The van der Waals surface area contributed by atoms with Crippen LogP contribution < -0.4 is 4.74 Å². The Balaban J connectivity index is 2.77. The number of rotatable bonds is 7. The topological polar surface area (TPSA) is 27.7 Å². The van der Waals surface area contributed by atoms with Gasteiger partial charge < -0.3 is 14.2 Å². The van der Waals surface area contributed by atoms with Crippen molar-refractivity contribution in [2.45, 2.75) is 27.1 Å². The number of ether oxygens (including phenoxy) is 3. The Morgan fingerprint density at radius 2 is 1.69 bits per heavy atom. The number of hydrogen-bond donors (Lipinski definition) is 0. The highest BCUT2D eigenvalue weighted by molar-refractivity contribution is 5.29. The summed E-state index contributed by atoms with van der Waals surface area (Å²) in [5, 5.41) is 0. The molecule has 1 aromatic rings. The fourth-order valence-electron chi connectivity index (χ4n) is 1.46. The minimum atomic E-state index is -0.296. The first-order chi connectivity index (χ1) is 7.81. The summed E-state index contributed by atoms with van der Waals surface area (Å²) in [6, 6.07) is 7.82. The second-order valence-corrected chi connectivity index (χ2v) is 3.25. The first-order valence-corrected chi connectivity index (χ1v) is 5.77. The lowest BCUT2D eigenvalue weighted by molar-refractivity contribution is -0.140. The van der Waals surface area contributed by atoms with Crippen LogP contribution in [0.3, 0.4) is 0 Å². The molecule has 0 atom stereocenters. The monoisotopic (exact) mass is 224 g/mol. The number of benzene rings is 1. The van der Waals surface area contributed by atoms with Gasteiger partial charge >= 0.3 is 0 Å². The lowest BCUT2D eigenvalue weighted by Crippen LogP contribution is -2.09. The largest absolute Gasteiger partial charge is 0.494 e. The van der Waals surface area contributed by atoms with Crippen LogP contribution in [0.5, 0.6) is 5.75 Å². The van der Waals surface area contributed by atoms with Crippen LogP contribution in [0.1, 0.15) is 32.6 Å². The van der Waals surface area contributed by atoms with Crippen LogP contribution in [0, 0.1) is 0 Å². The lowest BCUT2D eigenvalue weighted by Gasteiger charge is -2.17. The van der Waals surface area contributed by atoms with E-state index in [1.807, 2.05) is 45.0 Å². The highest BCUT2D eigenvalue weighted by atomic mass is 16.7. The van der Waals surface area contributed by atoms with Gasteiger partial charge in [-0.15, -0.1) is 0 Å². The van der Waals surface area contributed by atoms with E-state index in [1.54, 1.807) is 0 Å². The molecule has 0 aliphatic heterocycles. The average molecular weight is 224 g/mol. The summed E-state index contributed by atoms with van der Waals surface area (Å²) in [7, 11) is 0. The third-order valence-corrected chi connectivity index (χ3v) is 2.08. The van der Waals surface area contributed by atoms with Gasteiger partial charge in [0, 0.05) is 18.8 Å². The van der Waals surface area contributed by atoms with Gasteiger partial charge in [0.2, 0.25) is 0 Å². The Labute approximate surface area is 97.3 Å². The van der Waals surface area contributed by atoms with Crippen molar-refractivity contribution in [2.75, 3.05) is 19.8 Å². The Hall–Kier alpha value is -1.06. The summed E-state index contributed by atoms with van der Waals surface area (Å²) in [5.41, 5.74) is 0.995. The van der Waals surface area contributed by atoms with Gasteiger partial charge in [-0.25, -0.2) is 0 Å². The zero-order valence-corrected chi connectivity index (χ0v) is 10.2. The Bertz CT molecular complexity index is 293. The first kappa shape index (κ1) is 13.0. The highest BCUT2D eigenvalue weighted by Gasteiger charge is 2.11. The molecule has 0 bridgehead atoms. The summed E-state index contributed by atoms with van der Waals surface area (Å²) in [6.07, 6.45) is -0.296. The molecule has 3 heteroatoms. The summed E-state index contributed by atoms with van der Waals surface area (Å²) in [6.45, 7) is 7.80. The van der Waals surface area contributed by atoms with Gasteiger partial charge in [-0.3, -0.25) is 0 Å². The van der Waals surface area contributed by atoms with Gasteiger partial charge in [-0.05, 0) is 32.9 Å². The fraction of sp³-hybridized carbons (Fsp3) is 0.538. The summed E-state index contributed by atoms with van der Waals surface area (Å²) >= 11 is 0. The van der Waals surface area contributed by atoms with Crippen molar-refractivity contribution in [2.24, 2.45) is 0 Å². The molecule has 90 valence electrons. The zero-order chi connectivity index (χ0) is 11.8. The quantitative estimate of drug-likeness (QED) is 0.666. The van der Waals surface area contributed by atoms with Gasteiger partial charge in [-0.1, -0.05) is 12.1 Å². The lowest BCUT2D eigenvalue weighted by atomic mass is 10.2. The summed E-state index contributed by atoms with van der Waals surface area (Å²) < 4.78 is 16.5. The molecule has 16 heavy (non-hydrogen) atoms. The SMILES string of the molecule is CCOc1cccc(C(OCC)OCC)c1. The minimum Gasteiger partial charge on any atom is -0.494 e. The van der Waals surface area contributed by atoms with Crippen LogP contribution in [0.25, 0.3) is 0 Å². The first-order valence-electron chi connectivity index (χ1n) is 5.77. The van der Waals surface area contributed by atoms with E-state index in [9.17, 15) is 0 Å². The van der Waals surface area contributed by atoms with Crippen LogP contribution in [-0.4, -0.2) is 19.8 Å². The molecule has 0 aliphatic rings. The van der Waals surface area contributed by atoms with Crippen LogP contribution >= 0.6 is 0 Å². The Morgan fingerprint density at radius 3 is 2.25 bits per heavy atom. The predicted molar refractivity (Wildman–Crippen MR) is 63.6 cm³/mol. The van der Waals surface area contributed by atoms with E-state index in [0.29, 0.717) is 19.8 Å². The van der Waals surface area contributed by atoms with Crippen LogP contribution in [0.2, 0.25) is 0 Å². The molecular formula is C13H20O3. The summed E-state index contributed by atoms with van der Waals surface area (Å²) in [4.78, 5) is 0. The van der Waals surface area contributed by atoms with Crippen LogP contribution in [-0.2, 0) is 9.47 Å². The van der Waals surface area contributed by atoms with Crippen molar-refractivity contribution in [1.82, 2.24) is 0 Å². The molecule has 0 heterocycles. The maximum atomic E-state index is 5.52. The van der Waals surface area contributed by atoms with E-state index < -0.39 is 0 Å². The van der Waals surface area contributed by atoms with E-state index in [1.165, 1.54) is 0 Å². The smallest absolute Gasteiger partial charge is 0.183 e. The molecule has 0 N–H and O–H groups in total. The second kappa shape index (κ2) is 7.25. The normalized spacial score (nSPS) is 10.8. The van der Waals surface area contributed by atoms with Gasteiger partial charge in [0.1, 0.15) is 5.75 Å². The van der Waals surface area contributed by atoms with Crippen molar-refractivity contribution >= 4 is 0 Å². The molecule has 0 spiro atoms. The molecule has 0 unspecified atom stereocenters. The Morgan fingerprint density at radius 1 is 1.00 bits per heavy atom. The molecular weight excluding hydrogens is 204 g/mol. The minimum absolute atomic E-state index is 0.296. The van der Waals surface area contributed by atoms with Crippen molar-refractivity contribution in [1.29, 1.82) is 0 Å². The Kier molecular flexibility index (Phi) is 5.90. The van der Waals surface area contributed by atoms with E-state index in [2.05, 4.69) is 0 Å². The van der Waals surface area contributed by atoms with E-state index >= 15 is 0 Å². The van der Waals surface area contributed by atoms with Crippen LogP contribution in [0.15, 0.2) is 24.3 Å².